The lowest BCUT2D eigenvalue weighted by atomic mass is 10.0. The van der Waals surface area contributed by atoms with Gasteiger partial charge in [-0.1, -0.05) is 25.0 Å². The third-order valence-corrected chi connectivity index (χ3v) is 8.30. The van der Waals surface area contributed by atoms with Gasteiger partial charge in [0.15, 0.2) is 0 Å². The highest BCUT2D eigenvalue weighted by molar-refractivity contribution is 7.88. The fourth-order valence-electron chi connectivity index (χ4n) is 4.78. The predicted octanol–water partition coefficient (Wildman–Crippen LogP) is 4.88. The summed E-state index contributed by atoms with van der Waals surface area (Å²) in [4.78, 5) is 14.5. The predicted molar refractivity (Wildman–Crippen MR) is 164 cm³/mol. The number of hydrogen-bond acceptors (Lipinski definition) is 7. The van der Waals surface area contributed by atoms with E-state index in [0.717, 1.165) is 61.2 Å². The molecule has 0 aliphatic carbocycles. The number of hydrogen-bond donors (Lipinski definition) is 3. The van der Waals surface area contributed by atoms with E-state index in [2.05, 4.69) is 61.5 Å². The highest BCUT2D eigenvalue weighted by Gasteiger charge is 2.22. The summed E-state index contributed by atoms with van der Waals surface area (Å²) in [5.41, 5.74) is 3.74. The van der Waals surface area contributed by atoms with Crippen LogP contribution in [-0.2, 0) is 10.0 Å². The van der Waals surface area contributed by atoms with Crippen LogP contribution in [0.5, 0.6) is 0 Å². The summed E-state index contributed by atoms with van der Waals surface area (Å²) in [5.74, 6) is 4.30. The zero-order chi connectivity index (χ0) is 28.5. The van der Waals surface area contributed by atoms with Crippen molar-refractivity contribution in [2.45, 2.75) is 33.1 Å². The second-order valence-corrected chi connectivity index (χ2v) is 12.4. The van der Waals surface area contributed by atoms with E-state index in [1.54, 1.807) is 10.5 Å². The minimum atomic E-state index is -3.07. The smallest absolute Gasteiger partial charge is 0.229 e. The Morgan fingerprint density at radius 3 is 2.77 bits per heavy atom. The molecule has 3 heterocycles. The molecule has 1 atom stereocenters. The van der Waals surface area contributed by atoms with Crippen LogP contribution < -0.4 is 10.6 Å². The molecule has 10 heteroatoms. The minimum Gasteiger partial charge on any atom is -0.359 e. The molecule has 3 N–H and O–H groups in total. The molecule has 2 aromatic heterocycles. The van der Waals surface area contributed by atoms with E-state index < -0.39 is 10.0 Å². The van der Waals surface area contributed by atoms with Crippen LogP contribution in [0.15, 0.2) is 60.5 Å². The van der Waals surface area contributed by atoms with E-state index in [1.807, 2.05) is 37.3 Å². The number of anilines is 3. The molecule has 4 rings (SSSR count). The summed E-state index contributed by atoms with van der Waals surface area (Å²) < 4.78 is 24.9. The summed E-state index contributed by atoms with van der Waals surface area (Å²) in [7, 11) is -3.07. The van der Waals surface area contributed by atoms with Gasteiger partial charge in [-0.25, -0.2) is 13.4 Å². The summed E-state index contributed by atoms with van der Waals surface area (Å²) in [6, 6.07) is 10.1. The molecular formula is C30H39N7O2S. The van der Waals surface area contributed by atoms with E-state index in [1.165, 1.54) is 6.26 Å². The van der Waals surface area contributed by atoms with Gasteiger partial charge in [-0.3, -0.25) is 0 Å². The van der Waals surface area contributed by atoms with Gasteiger partial charge >= 0.3 is 0 Å². The summed E-state index contributed by atoms with van der Waals surface area (Å²) >= 11 is 0. The number of aromatic amines is 1. The Kier molecular flexibility index (Phi) is 9.98. The Balaban J connectivity index is 1.21. The number of allylic oxidation sites excluding steroid dienone is 4. The van der Waals surface area contributed by atoms with E-state index in [-0.39, 0.29) is 0 Å². The number of sulfonamides is 1. The van der Waals surface area contributed by atoms with Gasteiger partial charge in [0, 0.05) is 54.7 Å². The van der Waals surface area contributed by atoms with Crippen molar-refractivity contribution in [2.75, 3.05) is 49.6 Å². The molecule has 212 valence electrons. The van der Waals surface area contributed by atoms with Crippen molar-refractivity contribution in [2.24, 2.45) is 5.92 Å². The van der Waals surface area contributed by atoms with Crippen molar-refractivity contribution in [1.82, 2.24) is 24.2 Å². The number of piperazine rings is 1. The van der Waals surface area contributed by atoms with E-state index in [4.69, 9.17) is 6.42 Å². The van der Waals surface area contributed by atoms with Gasteiger partial charge in [-0.15, -0.1) is 6.42 Å². The van der Waals surface area contributed by atoms with Crippen LogP contribution in [0.2, 0.25) is 0 Å². The summed E-state index contributed by atoms with van der Waals surface area (Å²) in [6.07, 6.45) is 17.8. The van der Waals surface area contributed by atoms with Crippen LogP contribution in [0.3, 0.4) is 0 Å². The van der Waals surface area contributed by atoms with Gasteiger partial charge in [0.05, 0.1) is 12.0 Å². The number of benzene rings is 1. The van der Waals surface area contributed by atoms with Gasteiger partial charge in [-0.2, -0.15) is 9.29 Å². The lowest BCUT2D eigenvalue weighted by molar-refractivity contribution is 0.184. The molecule has 0 bridgehead atoms. The molecule has 1 fully saturated rings. The van der Waals surface area contributed by atoms with Gasteiger partial charge in [0.2, 0.25) is 16.0 Å². The maximum absolute atomic E-state index is 11.7. The van der Waals surface area contributed by atoms with Gasteiger partial charge in [0.25, 0.3) is 0 Å². The minimum absolute atomic E-state index is 0.423. The second kappa shape index (κ2) is 13.6. The number of rotatable bonds is 12. The van der Waals surface area contributed by atoms with Crippen molar-refractivity contribution < 1.29 is 8.42 Å². The molecule has 0 amide bonds. The molecule has 1 aliphatic rings. The Labute approximate surface area is 237 Å². The zero-order valence-corrected chi connectivity index (χ0v) is 24.3. The largest absolute Gasteiger partial charge is 0.359 e. The molecule has 9 nitrogen and oxygen atoms in total. The highest BCUT2D eigenvalue weighted by atomic mass is 32.2. The summed E-state index contributed by atoms with van der Waals surface area (Å²) in [6.45, 7) is 8.08. The lowest BCUT2D eigenvalue weighted by Crippen LogP contribution is -2.48. The van der Waals surface area contributed by atoms with Crippen molar-refractivity contribution >= 4 is 38.4 Å². The van der Waals surface area contributed by atoms with Crippen LogP contribution in [0.1, 0.15) is 31.9 Å². The van der Waals surface area contributed by atoms with Crippen LogP contribution in [0.25, 0.3) is 10.9 Å². The Hall–Kier alpha value is -3.65. The maximum Gasteiger partial charge on any atom is 0.229 e. The number of fused-ring (bicyclic) bond motifs is 1. The SMILES string of the molecule is C#C/C(=C\C=C/CC(C)CCCN1CCN(S(C)(=O)=O)CC1)Nc1nccc(Nc2ccc3[nH]c(C)cc3c2)n1. The van der Waals surface area contributed by atoms with Gasteiger partial charge < -0.3 is 20.5 Å². The first kappa shape index (κ1) is 29.3. The number of aryl methyl sites for hydroxylation is 1. The average Bonchev–Trinajstić information content (AvgIpc) is 3.29. The number of terminal acetylenes is 1. The number of H-pyrrole nitrogens is 1. The van der Waals surface area contributed by atoms with Crippen LogP contribution in [0, 0.1) is 25.2 Å². The first-order chi connectivity index (χ1) is 19.2. The Morgan fingerprint density at radius 2 is 2.02 bits per heavy atom. The number of nitrogens with one attached hydrogen (secondary N) is 3. The topological polar surface area (TPSA) is 106 Å². The van der Waals surface area contributed by atoms with Crippen molar-refractivity contribution in [3.8, 4) is 12.3 Å². The number of nitrogens with zero attached hydrogens (tertiary/aromatic N) is 4. The fourth-order valence-corrected chi connectivity index (χ4v) is 5.61. The molecule has 1 saturated heterocycles. The molecule has 3 aromatic rings. The van der Waals surface area contributed by atoms with Gasteiger partial charge in [-0.05, 0) is 75.1 Å². The Morgan fingerprint density at radius 1 is 1.23 bits per heavy atom. The van der Waals surface area contributed by atoms with Crippen molar-refractivity contribution in [3.05, 3.63) is 66.1 Å². The van der Waals surface area contributed by atoms with E-state index in [9.17, 15) is 8.42 Å². The normalized spacial score (nSPS) is 16.3. The van der Waals surface area contributed by atoms with Crippen LogP contribution >= 0.6 is 0 Å². The van der Waals surface area contributed by atoms with Crippen LogP contribution in [0.4, 0.5) is 17.5 Å². The van der Waals surface area contributed by atoms with Crippen molar-refractivity contribution in [1.29, 1.82) is 0 Å². The quantitative estimate of drug-likeness (QED) is 0.214. The maximum atomic E-state index is 11.7. The zero-order valence-electron chi connectivity index (χ0n) is 23.5. The third-order valence-electron chi connectivity index (χ3n) is 6.99. The first-order valence-electron chi connectivity index (χ1n) is 13.7. The monoisotopic (exact) mass is 561 g/mol. The third kappa shape index (κ3) is 8.68. The molecule has 1 unspecified atom stereocenters. The van der Waals surface area contributed by atoms with Crippen molar-refractivity contribution in [3.63, 3.8) is 0 Å². The molecule has 1 aromatic carbocycles. The fraction of sp³-hybridized carbons (Fsp3) is 0.400. The summed E-state index contributed by atoms with van der Waals surface area (Å²) in [5, 5.41) is 7.58. The molecule has 0 spiro atoms. The van der Waals surface area contributed by atoms with Crippen LogP contribution in [-0.4, -0.2) is 71.6 Å². The molecular weight excluding hydrogens is 522 g/mol. The molecule has 40 heavy (non-hydrogen) atoms. The average molecular weight is 562 g/mol. The van der Waals surface area contributed by atoms with E-state index in [0.29, 0.717) is 36.5 Å². The Bertz CT molecular complexity index is 1500. The molecule has 0 radical (unpaired) electrons. The number of aromatic nitrogens is 3. The van der Waals surface area contributed by atoms with Gasteiger partial charge in [0.1, 0.15) is 5.82 Å². The first-order valence-corrected chi connectivity index (χ1v) is 15.5. The standard InChI is InChI=1S/C30H39N7O2S/c1-5-26(11-7-6-9-23(2)10-8-16-36-17-19-37(20-18-36)40(4,38)39)34-30-31-15-14-29(35-30)33-27-12-13-28-25(22-27)21-24(3)32-28/h1,6-7,11-15,21-23,32H,8-10,16-20H2,2-4H3,(H2,31,33,34,35)/b7-6-,26-11+. The molecule has 0 saturated carbocycles. The highest BCUT2D eigenvalue weighted by Crippen LogP contribution is 2.22. The second-order valence-electron chi connectivity index (χ2n) is 10.4. The molecule has 1 aliphatic heterocycles. The van der Waals surface area contributed by atoms with E-state index >= 15 is 0 Å². The lowest BCUT2D eigenvalue weighted by Gasteiger charge is -2.33.